The molecule has 0 saturated carbocycles. The van der Waals surface area contributed by atoms with Crippen LogP contribution in [0.1, 0.15) is 35.2 Å². The van der Waals surface area contributed by atoms with Crippen molar-refractivity contribution in [3.63, 3.8) is 0 Å². The number of aliphatic hydroxyl groups excluding tert-OH is 1. The number of nitrogens with one attached hydrogen (secondary N) is 3. The number of amides is 1. The highest BCUT2D eigenvalue weighted by Gasteiger charge is 2.26. The van der Waals surface area contributed by atoms with Gasteiger partial charge in [0.05, 0.1) is 24.8 Å². The zero-order valence-electron chi connectivity index (χ0n) is 19.2. The topological polar surface area (TPSA) is 86.4 Å². The molecule has 3 aromatic carbocycles. The summed E-state index contributed by atoms with van der Waals surface area (Å²) < 4.78 is 5.78. The summed E-state index contributed by atoms with van der Waals surface area (Å²) in [6, 6.07) is 21.7. The predicted molar refractivity (Wildman–Crippen MR) is 136 cm³/mol. The quantitative estimate of drug-likeness (QED) is 0.304. The Morgan fingerprint density at radius 2 is 2.03 bits per heavy atom. The highest BCUT2D eigenvalue weighted by Crippen LogP contribution is 2.35. The van der Waals surface area contributed by atoms with E-state index in [4.69, 9.17) is 4.74 Å². The second-order valence-electron chi connectivity index (χ2n) is 8.64. The number of ether oxygens (including phenoxy) is 1. The van der Waals surface area contributed by atoms with Gasteiger partial charge in [0.1, 0.15) is 5.75 Å². The third-order valence-electron chi connectivity index (χ3n) is 6.49. The van der Waals surface area contributed by atoms with E-state index in [1.165, 1.54) is 5.56 Å². The lowest BCUT2D eigenvalue weighted by Crippen LogP contribution is -2.39. The van der Waals surface area contributed by atoms with E-state index in [9.17, 15) is 9.90 Å². The fourth-order valence-corrected chi connectivity index (χ4v) is 4.85. The summed E-state index contributed by atoms with van der Waals surface area (Å²) in [5.41, 5.74) is 5.85. The lowest BCUT2D eigenvalue weighted by atomic mass is 9.94. The van der Waals surface area contributed by atoms with Crippen molar-refractivity contribution in [1.29, 1.82) is 0 Å². The van der Waals surface area contributed by atoms with Gasteiger partial charge in [0.25, 0.3) is 5.91 Å². The number of fused-ring (bicyclic) bond motifs is 2. The molecule has 6 heteroatoms. The maximum absolute atomic E-state index is 13.4. The Hall–Kier alpha value is -3.77. The third kappa shape index (κ3) is 4.24. The number of benzene rings is 3. The lowest BCUT2D eigenvalue weighted by Gasteiger charge is -2.21. The van der Waals surface area contributed by atoms with Gasteiger partial charge in [-0.15, -0.1) is 0 Å². The van der Waals surface area contributed by atoms with Crippen LogP contribution in [0.15, 0.2) is 72.9 Å². The van der Waals surface area contributed by atoms with Gasteiger partial charge in [-0.25, -0.2) is 0 Å². The fraction of sp³-hybridized carbons (Fsp3) is 0.250. The van der Waals surface area contributed by atoms with Gasteiger partial charge in [-0.3, -0.25) is 4.79 Å². The monoisotopic (exact) mass is 455 g/mol. The van der Waals surface area contributed by atoms with Crippen molar-refractivity contribution in [1.82, 2.24) is 10.3 Å². The Morgan fingerprint density at radius 1 is 1.15 bits per heavy atom. The van der Waals surface area contributed by atoms with Gasteiger partial charge in [0, 0.05) is 35.2 Å². The predicted octanol–water partition coefficient (Wildman–Crippen LogP) is 4.92. The van der Waals surface area contributed by atoms with E-state index in [0.717, 1.165) is 34.3 Å². The standard InChI is InChI=1S/C28H29N3O3/c1-2-34-27-11-10-18(21-7-5-9-26-23(21)12-13-29-26)15-24(27)28(33)31-20(17-32)14-19-16-30-25-8-4-3-6-22(19)25/h3-13,15,19-20,29-30,32H,2,14,16-17H2,1H3,(H,31,33). The normalized spacial score (nSPS) is 15.5. The minimum atomic E-state index is -0.364. The molecule has 0 radical (unpaired) electrons. The number of carbonyl (C=O) groups excluding carboxylic acids is 1. The first kappa shape index (κ1) is 22.0. The third-order valence-corrected chi connectivity index (χ3v) is 6.49. The van der Waals surface area contributed by atoms with Crippen LogP contribution in [0.4, 0.5) is 5.69 Å². The molecule has 34 heavy (non-hydrogen) atoms. The molecule has 0 spiro atoms. The first-order chi connectivity index (χ1) is 16.7. The number of aliphatic hydroxyl groups is 1. The molecule has 0 aliphatic carbocycles. The van der Waals surface area contributed by atoms with Crippen molar-refractivity contribution in [3.8, 4) is 16.9 Å². The van der Waals surface area contributed by atoms with Gasteiger partial charge in [0.15, 0.2) is 0 Å². The van der Waals surface area contributed by atoms with Crippen LogP contribution in [0.3, 0.4) is 0 Å². The number of carbonyl (C=O) groups is 1. The van der Waals surface area contributed by atoms with Crippen LogP contribution in [0.2, 0.25) is 0 Å². The molecule has 4 N–H and O–H groups in total. The molecule has 2 atom stereocenters. The number of rotatable bonds is 8. The summed E-state index contributed by atoms with van der Waals surface area (Å²) >= 11 is 0. The second-order valence-corrected chi connectivity index (χ2v) is 8.64. The van der Waals surface area contributed by atoms with Crippen LogP contribution < -0.4 is 15.4 Å². The zero-order valence-corrected chi connectivity index (χ0v) is 19.2. The van der Waals surface area contributed by atoms with Gasteiger partial charge >= 0.3 is 0 Å². The number of hydrogen-bond donors (Lipinski definition) is 4. The van der Waals surface area contributed by atoms with Gasteiger partial charge in [-0.2, -0.15) is 0 Å². The number of anilines is 1. The van der Waals surface area contributed by atoms with Gasteiger partial charge in [0.2, 0.25) is 0 Å². The van der Waals surface area contributed by atoms with E-state index in [-0.39, 0.29) is 24.5 Å². The summed E-state index contributed by atoms with van der Waals surface area (Å²) in [5.74, 6) is 0.525. The SMILES string of the molecule is CCOc1ccc(-c2cccc3[nH]ccc23)cc1C(=O)NC(CO)CC1CNc2ccccc21. The average Bonchev–Trinajstić information content (AvgIpc) is 3.51. The minimum Gasteiger partial charge on any atom is -0.493 e. The van der Waals surface area contributed by atoms with Crippen molar-refractivity contribution < 1.29 is 14.6 Å². The Labute approximate surface area is 199 Å². The Bertz CT molecular complexity index is 1310. The number of H-pyrrole nitrogens is 1. The van der Waals surface area contributed by atoms with Crippen LogP contribution in [0, 0.1) is 0 Å². The van der Waals surface area contributed by atoms with Crippen molar-refractivity contribution >= 4 is 22.5 Å². The summed E-state index contributed by atoms with van der Waals surface area (Å²) in [6.45, 7) is 3.03. The number of hydrogen-bond acceptors (Lipinski definition) is 4. The van der Waals surface area contributed by atoms with Gasteiger partial charge in [-0.05, 0) is 60.4 Å². The second kappa shape index (κ2) is 9.61. The molecule has 4 aromatic rings. The van der Waals surface area contributed by atoms with Crippen LogP contribution >= 0.6 is 0 Å². The maximum atomic E-state index is 13.4. The first-order valence-electron chi connectivity index (χ1n) is 11.8. The molecule has 5 rings (SSSR count). The van der Waals surface area contributed by atoms with Crippen molar-refractivity contribution in [3.05, 3.63) is 84.1 Å². The van der Waals surface area contributed by atoms with Crippen LogP contribution in [0.25, 0.3) is 22.0 Å². The zero-order chi connectivity index (χ0) is 23.5. The van der Waals surface area contributed by atoms with Crippen LogP contribution in [-0.4, -0.2) is 41.8 Å². The highest BCUT2D eigenvalue weighted by atomic mass is 16.5. The lowest BCUT2D eigenvalue weighted by molar-refractivity contribution is 0.0907. The molecule has 1 aliphatic rings. The molecule has 1 amide bonds. The molecule has 1 aromatic heterocycles. The fourth-order valence-electron chi connectivity index (χ4n) is 4.85. The Kier molecular flexibility index (Phi) is 6.23. The van der Waals surface area contributed by atoms with Gasteiger partial charge < -0.3 is 25.5 Å². The summed E-state index contributed by atoms with van der Waals surface area (Å²) in [6.07, 6.45) is 2.57. The molecule has 1 aliphatic heterocycles. The summed E-state index contributed by atoms with van der Waals surface area (Å²) in [7, 11) is 0. The van der Waals surface area contributed by atoms with E-state index < -0.39 is 0 Å². The van der Waals surface area contributed by atoms with Crippen LogP contribution in [-0.2, 0) is 0 Å². The molecular formula is C28H29N3O3. The maximum Gasteiger partial charge on any atom is 0.255 e. The van der Waals surface area contributed by atoms with Crippen molar-refractivity contribution in [2.75, 3.05) is 25.1 Å². The molecule has 0 fully saturated rings. The molecule has 174 valence electrons. The number of aromatic nitrogens is 1. The van der Waals surface area contributed by atoms with Gasteiger partial charge in [-0.1, -0.05) is 36.4 Å². The van der Waals surface area contributed by atoms with E-state index in [0.29, 0.717) is 24.3 Å². The van der Waals surface area contributed by atoms with Crippen molar-refractivity contribution in [2.24, 2.45) is 0 Å². The average molecular weight is 456 g/mol. The molecule has 2 unspecified atom stereocenters. The number of para-hydroxylation sites is 1. The minimum absolute atomic E-state index is 0.128. The summed E-state index contributed by atoms with van der Waals surface area (Å²) in [4.78, 5) is 16.6. The largest absolute Gasteiger partial charge is 0.493 e. The number of aromatic amines is 1. The smallest absolute Gasteiger partial charge is 0.255 e. The van der Waals surface area contributed by atoms with E-state index in [2.05, 4.69) is 33.8 Å². The van der Waals surface area contributed by atoms with E-state index in [1.54, 1.807) is 0 Å². The van der Waals surface area contributed by atoms with Crippen molar-refractivity contribution in [2.45, 2.75) is 25.3 Å². The Morgan fingerprint density at radius 3 is 2.88 bits per heavy atom. The molecule has 0 bridgehead atoms. The van der Waals surface area contributed by atoms with E-state index >= 15 is 0 Å². The first-order valence-corrected chi connectivity index (χ1v) is 11.8. The summed E-state index contributed by atoms with van der Waals surface area (Å²) in [5, 5.41) is 17.6. The van der Waals surface area contributed by atoms with E-state index in [1.807, 2.05) is 61.7 Å². The van der Waals surface area contributed by atoms with Crippen LogP contribution in [0.5, 0.6) is 5.75 Å². The molecule has 2 heterocycles. The highest BCUT2D eigenvalue weighted by molar-refractivity contribution is 6.01. The Balaban J connectivity index is 1.40. The molecule has 6 nitrogen and oxygen atoms in total. The molecule has 0 saturated heterocycles. The molecular weight excluding hydrogens is 426 g/mol.